The van der Waals surface area contributed by atoms with Crippen LogP contribution in [0.5, 0.6) is 0 Å². The summed E-state index contributed by atoms with van der Waals surface area (Å²) in [5, 5.41) is 15.0. The van der Waals surface area contributed by atoms with E-state index in [1.54, 1.807) is 0 Å². The van der Waals surface area contributed by atoms with Crippen LogP contribution >= 0.6 is 23.1 Å². The molecule has 1 amide bonds. The third-order valence-corrected chi connectivity index (χ3v) is 5.45. The van der Waals surface area contributed by atoms with Crippen LogP contribution in [0.1, 0.15) is 39.5 Å². The summed E-state index contributed by atoms with van der Waals surface area (Å²) in [6, 6.07) is 0. The van der Waals surface area contributed by atoms with E-state index in [1.165, 1.54) is 23.1 Å². The Morgan fingerprint density at radius 1 is 1.55 bits per heavy atom. The Balaban J connectivity index is 1.70. The highest BCUT2D eigenvalue weighted by atomic mass is 32.2. The fraction of sp³-hybridized carbons (Fsp3) is 0.786. The molecule has 1 aromatic rings. The Morgan fingerprint density at radius 2 is 2.41 bits per heavy atom. The monoisotopic (exact) mass is 344 g/mol. The maximum atomic E-state index is 12.1. The normalized spacial score (nSPS) is 19.1. The Hall–Kier alpha value is -0.860. The highest BCUT2D eigenvalue weighted by Gasteiger charge is 2.20. The van der Waals surface area contributed by atoms with Crippen molar-refractivity contribution < 1.29 is 9.53 Å². The van der Waals surface area contributed by atoms with E-state index < -0.39 is 0 Å². The minimum atomic E-state index is -0.183. The van der Waals surface area contributed by atoms with Gasteiger partial charge in [-0.15, -0.1) is 10.2 Å². The molecular weight excluding hydrogens is 320 g/mol. The SMILES string of the molecule is CCCCNc1nnc(SC(C)C(=O)NCC2CCCO2)s1. The minimum Gasteiger partial charge on any atom is -0.376 e. The van der Waals surface area contributed by atoms with Crippen molar-refractivity contribution in [3.05, 3.63) is 0 Å². The lowest BCUT2D eigenvalue weighted by Gasteiger charge is -2.13. The van der Waals surface area contributed by atoms with Gasteiger partial charge in [-0.3, -0.25) is 4.79 Å². The molecule has 1 aliphatic rings. The number of hydrogen-bond acceptors (Lipinski definition) is 7. The predicted octanol–water partition coefficient (Wildman–Crippen LogP) is 2.53. The van der Waals surface area contributed by atoms with E-state index in [4.69, 9.17) is 4.74 Å². The van der Waals surface area contributed by atoms with Crippen molar-refractivity contribution in [1.29, 1.82) is 0 Å². The number of carbonyl (C=O) groups excluding carboxylic acids is 1. The van der Waals surface area contributed by atoms with Crippen molar-refractivity contribution >= 4 is 34.1 Å². The molecular formula is C14H24N4O2S2. The van der Waals surface area contributed by atoms with Crippen LogP contribution in [0.2, 0.25) is 0 Å². The van der Waals surface area contributed by atoms with Crippen LogP contribution in [-0.4, -0.2) is 47.2 Å². The number of aromatic nitrogens is 2. The van der Waals surface area contributed by atoms with Gasteiger partial charge in [0.1, 0.15) is 0 Å². The zero-order valence-corrected chi connectivity index (χ0v) is 14.8. The van der Waals surface area contributed by atoms with Gasteiger partial charge >= 0.3 is 0 Å². The molecule has 1 saturated heterocycles. The molecule has 0 spiro atoms. The van der Waals surface area contributed by atoms with Crippen LogP contribution in [0.4, 0.5) is 5.13 Å². The maximum Gasteiger partial charge on any atom is 0.233 e. The molecule has 0 aromatic carbocycles. The standard InChI is InChI=1S/C14H24N4O2S2/c1-3-4-7-15-13-17-18-14(22-13)21-10(2)12(19)16-9-11-6-5-8-20-11/h10-11H,3-9H2,1-2H3,(H,15,17)(H,16,19). The summed E-state index contributed by atoms with van der Waals surface area (Å²) in [6.07, 6.45) is 4.56. The lowest BCUT2D eigenvalue weighted by Crippen LogP contribution is -2.36. The van der Waals surface area contributed by atoms with E-state index in [2.05, 4.69) is 27.8 Å². The molecule has 1 fully saturated rings. The second-order valence-electron chi connectivity index (χ2n) is 5.29. The summed E-state index contributed by atoms with van der Waals surface area (Å²) in [5.74, 6) is 0.0243. The van der Waals surface area contributed by atoms with Crippen molar-refractivity contribution in [3.8, 4) is 0 Å². The van der Waals surface area contributed by atoms with E-state index in [0.717, 1.165) is 48.3 Å². The Bertz CT molecular complexity index is 463. The Labute approximate surface area is 139 Å². The van der Waals surface area contributed by atoms with Crippen LogP contribution in [0.15, 0.2) is 4.34 Å². The van der Waals surface area contributed by atoms with E-state index in [9.17, 15) is 4.79 Å². The van der Waals surface area contributed by atoms with Gasteiger partial charge < -0.3 is 15.4 Å². The van der Waals surface area contributed by atoms with Crippen LogP contribution in [-0.2, 0) is 9.53 Å². The van der Waals surface area contributed by atoms with Gasteiger partial charge in [0, 0.05) is 19.7 Å². The summed E-state index contributed by atoms with van der Waals surface area (Å²) in [4.78, 5) is 12.1. The van der Waals surface area contributed by atoms with Gasteiger partial charge in [0.25, 0.3) is 0 Å². The fourth-order valence-corrected chi connectivity index (χ4v) is 4.02. The van der Waals surface area contributed by atoms with Crippen LogP contribution in [0.25, 0.3) is 0 Å². The second kappa shape index (κ2) is 9.32. The van der Waals surface area contributed by atoms with Gasteiger partial charge in [-0.2, -0.15) is 0 Å². The number of hydrogen-bond donors (Lipinski definition) is 2. The van der Waals surface area contributed by atoms with Gasteiger partial charge in [0.05, 0.1) is 11.4 Å². The van der Waals surface area contributed by atoms with Crippen LogP contribution in [0, 0.1) is 0 Å². The lowest BCUT2D eigenvalue weighted by atomic mass is 10.2. The average Bonchev–Trinajstić information content (AvgIpc) is 3.17. The molecule has 22 heavy (non-hydrogen) atoms. The van der Waals surface area contributed by atoms with Crippen molar-refractivity contribution in [2.75, 3.05) is 25.0 Å². The summed E-state index contributed by atoms with van der Waals surface area (Å²) >= 11 is 2.94. The summed E-state index contributed by atoms with van der Waals surface area (Å²) < 4.78 is 6.32. The molecule has 2 atom stereocenters. The molecule has 6 nitrogen and oxygen atoms in total. The van der Waals surface area contributed by atoms with Gasteiger partial charge in [0.15, 0.2) is 4.34 Å². The number of thioether (sulfide) groups is 1. The number of nitrogens with zero attached hydrogens (tertiary/aromatic N) is 2. The van der Waals surface area contributed by atoms with E-state index >= 15 is 0 Å². The predicted molar refractivity (Wildman–Crippen MR) is 90.6 cm³/mol. The molecule has 0 saturated carbocycles. The topological polar surface area (TPSA) is 76.1 Å². The number of ether oxygens (including phenoxy) is 1. The second-order valence-corrected chi connectivity index (χ2v) is 7.86. The van der Waals surface area contributed by atoms with Crippen LogP contribution < -0.4 is 10.6 Å². The zero-order valence-electron chi connectivity index (χ0n) is 13.1. The molecule has 0 bridgehead atoms. The number of nitrogens with one attached hydrogen (secondary N) is 2. The quantitative estimate of drug-likeness (QED) is 0.529. The first-order valence-corrected chi connectivity index (χ1v) is 9.52. The van der Waals surface area contributed by atoms with Crippen molar-refractivity contribution in [3.63, 3.8) is 0 Å². The van der Waals surface area contributed by atoms with Gasteiger partial charge in [0.2, 0.25) is 11.0 Å². The summed E-state index contributed by atoms with van der Waals surface area (Å²) in [6.45, 7) is 6.36. The summed E-state index contributed by atoms with van der Waals surface area (Å²) in [5.41, 5.74) is 0. The Kier molecular flexibility index (Phi) is 7.41. The highest BCUT2D eigenvalue weighted by Crippen LogP contribution is 2.28. The minimum absolute atomic E-state index is 0.0243. The molecule has 0 aliphatic carbocycles. The first-order valence-electron chi connectivity index (χ1n) is 7.82. The summed E-state index contributed by atoms with van der Waals surface area (Å²) in [7, 11) is 0. The molecule has 1 aromatic heterocycles. The van der Waals surface area contributed by atoms with E-state index in [0.29, 0.717) is 6.54 Å². The maximum absolute atomic E-state index is 12.1. The third kappa shape index (κ3) is 5.73. The number of carbonyl (C=O) groups is 1. The first-order chi connectivity index (χ1) is 10.7. The molecule has 0 radical (unpaired) electrons. The number of amides is 1. The fourth-order valence-electron chi connectivity index (χ4n) is 2.07. The highest BCUT2D eigenvalue weighted by molar-refractivity contribution is 8.02. The molecule has 2 heterocycles. The van der Waals surface area contributed by atoms with Gasteiger partial charge in [-0.05, 0) is 26.2 Å². The molecule has 1 aliphatic heterocycles. The molecule has 2 rings (SSSR count). The number of anilines is 1. The third-order valence-electron chi connectivity index (χ3n) is 3.39. The molecule has 124 valence electrons. The number of unbranched alkanes of at least 4 members (excludes halogenated alkanes) is 1. The first kappa shape index (κ1) is 17.5. The van der Waals surface area contributed by atoms with Gasteiger partial charge in [-0.25, -0.2) is 0 Å². The Morgan fingerprint density at radius 3 is 3.14 bits per heavy atom. The largest absolute Gasteiger partial charge is 0.376 e. The lowest BCUT2D eigenvalue weighted by molar-refractivity contribution is -0.120. The van der Waals surface area contributed by atoms with Crippen LogP contribution in [0.3, 0.4) is 0 Å². The van der Waals surface area contributed by atoms with Gasteiger partial charge in [-0.1, -0.05) is 36.4 Å². The molecule has 8 heteroatoms. The van der Waals surface area contributed by atoms with Crippen molar-refractivity contribution in [2.45, 2.75) is 55.2 Å². The smallest absolute Gasteiger partial charge is 0.233 e. The molecule has 2 unspecified atom stereocenters. The zero-order chi connectivity index (χ0) is 15.8. The van der Waals surface area contributed by atoms with E-state index in [-0.39, 0.29) is 17.3 Å². The molecule has 2 N–H and O–H groups in total. The average molecular weight is 345 g/mol. The van der Waals surface area contributed by atoms with Crippen molar-refractivity contribution in [2.24, 2.45) is 0 Å². The number of rotatable bonds is 9. The van der Waals surface area contributed by atoms with Crippen molar-refractivity contribution in [1.82, 2.24) is 15.5 Å². The van der Waals surface area contributed by atoms with E-state index in [1.807, 2.05) is 6.92 Å².